The van der Waals surface area contributed by atoms with Crippen LogP contribution in [0.5, 0.6) is 0 Å². The lowest BCUT2D eigenvalue weighted by molar-refractivity contribution is -0.137. The molecule has 26 heavy (non-hydrogen) atoms. The van der Waals surface area contributed by atoms with Gasteiger partial charge in [-0.3, -0.25) is 9.78 Å². The van der Waals surface area contributed by atoms with Gasteiger partial charge in [0.05, 0.1) is 5.41 Å². The van der Waals surface area contributed by atoms with Crippen LogP contribution in [0, 0.1) is 5.41 Å². The van der Waals surface area contributed by atoms with Crippen molar-refractivity contribution in [3.8, 4) is 11.1 Å². The fourth-order valence-corrected chi connectivity index (χ4v) is 3.51. The summed E-state index contributed by atoms with van der Waals surface area (Å²) in [6, 6.07) is 12.7. The molecule has 1 amide bonds. The molecule has 0 aliphatic carbocycles. The topological polar surface area (TPSA) is 51.2 Å². The van der Waals surface area contributed by atoms with Gasteiger partial charge in [-0.15, -0.1) is 0 Å². The number of ether oxygens (including phenoxy) is 1. The number of amides is 1. The maximum atomic E-state index is 13.1. The molecule has 0 bridgehead atoms. The molecule has 1 aliphatic heterocycles. The molecule has 2 heterocycles. The molecule has 2 aromatic rings. The van der Waals surface area contributed by atoms with Crippen LogP contribution in [0.4, 0.5) is 0 Å². The van der Waals surface area contributed by atoms with E-state index in [4.69, 9.17) is 4.74 Å². The first-order chi connectivity index (χ1) is 12.6. The van der Waals surface area contributed by atoms with Crippen LogP contribution in [0.25, 0.3) is 11.1 Å². The number of aromatic nitrogens is 1. The van der Waals surface area contributed by atoms with Crippen LogP contribution in [0.15, 0.2) is 48.8 Å². The second-order valence-corrected chi connectivity index (χ2v) is 7.29. The van der Waals surface area contributed by atoms with Crippen molar-refractivity contribution >= 4 is 5.91 Å². The fraction of sp³-hybridized carbons (Fsp3) is 0.455. The Hall–Kier alpha value is -2.20. The van der Waals surface area contributed by atoms with Crippen molar-refractivity contribution in [2.45, 2.75) is 45.6 Å². The highest BCUT2D eigenvalue weighted by molar-refractivity contribution is 5.83. The van der Waals surface area contributed by atoms with Crippen molar-refractivity contribution in [3.05, 3.63) is 54.4 Å². The van der Waals surface area contributed by atoms with E-state index in [0.29, 0.717) is 13.2 Å². The number of nitrogens with one attached hydrogen (secondary N) is 1. The van der Waals surface area contributed by atoms with Gasteiger partial charge in [-0.05, 0) is 55.4 Å². The first-order valence-corrected chi connectivity index (χ1v) is 9.51. The van der Waals surface area contributed by atoms with Gasteiger partial charge in [0.2, 0.25) is 5.91 Å². The van der Waals surface area contributed by atoms with Gasteiger partial charge in [-0.2, -0.15) is 0 Å². The number of hydrogen-bond acceptors (Lipinski definition) is 3. The van der Waals surface area contributed by atoms with Crippen LogP contribution in [-0.4, -0.2) is 30.1 Å². The quantitative estimate of drug-likeness (QED) is 0.855. The predicted octanol–water partition coefficient (Wildman–Crippen LogP) is 4.00. The Balaban J connectivity index is 1.84. The summed E-state index contributed by atoms with van der Waals surface area (Å²) in [4.78, 5) is 17.3. The third kappa shape index (κ3) is 4.31. The molecule has 1 unspecified atom stereocenters. The SMILES string of the molecule is CCC(C)NC(=O)C1(Cc2cccc(-c3cccnc3)c2)CCOCC1. The lowest BCUT2D eigenvalue weighted by atomic mass is 9.74. The summed E-state index contributed by atoms with van der Waals surface area (Å²) in [6.07, 6.45) is 6.88. The minimum absolute atomic E-state index is 0.168. The number of hydrogen-bond donors (Lipinski definition) is 1. The van der Waals surface area contributed by atoms with Gasteiger partial charge >= 0.3 is 0 Å². The molecule has 1 aromatic carbocycles. The molecular formula is C22H28N2O2. The Kier molecular flexibility index (Phi) is 6.04. The number of carbonyl (C=O) groups excluding carboxylic acids is 1. The van der Waals surface area contributed by atoms with E-state index in [0.717, 1.165) is 36.8 Å². The summed E-state index contributed by atoms with van der Waals surface area (Å²) in [5, 5.41) is 3.20. The summed E-state index contributed by atoms with van der Waals surface area (Å²) in [5.41, 5.74) is 3.04. The molecule has 4 heteroatoms. The van der Waals surface area contributed by atoms with Crippen LogP contribution in [0.1, 0.15) is 38.7 Å². The Labute approximate surface area is 156 Å². The van der Waals surface area contributed by atoms with E-state index in [-0.39, 0.29) is 17.4 Å². The first-order valence-electron chi connectivity index (χ1n) is 9.51. The normalized spacial score (nSPS) is 17.5. The van der Waals surface area contributed by atoms with Crippen LogP contribution < -0.4 is 5.32 Å². The fourth-order valence-electron chi connectivity index (χ4n) is 3.51. The largest absolute Gasteiger partial charge is 0.381 e. The van der Waals surface area contributed by atoms with E-state index >= 15 is 0 Å². The van der Waals surface area contributed by atoms with E-state index in [1.807, 2.05) is 12.3 Å². The average Bonchev–Trinajstić information content (AvgIpc) is 2.69. The Morgan fingerprint density at radius 3 is 2.69 bits per heavy atom. The van der Waals surface area contributed by atoms with Gasteiger partial charge < -0.3 is 10.1 Å². The number of nitrogens with zero attached hydrogens (tertiary/aromatic N) is 1. The molecule has 4 nitrogen and oxygen atoms in total. The monoisotopic (exact) mass is 352 g/mol. The highest BCUT2D eigenvalue weighted by Gasteiger charge is 2.40. The van der Waals surface area contributed by atoms with Gasteiger partial charge in [0.15, 0.2) is 0 Å². The van der Waals surface area contributed by atoms with E-state index in [1.165, 1.54) is 5.56 Å². The average molecular weight is 352 g/mol. The minimum atomic E-state index is -0.380. The zero-order valence-corrected chi connectivity index (χ0v) is 15.7. The van der Waals surface area contributed by atoms with Crippen molar-refractivity contribution in [1.29, 1.82) is 0 Å². The highest BCUT2D eigenvalue weighted by atomic mass is 16.5. The van der Waals surface area contributed by atoms with Crippen LogP contribution in [-0.2, 0) is 16.0 Å². The van der Waals surface area contributed by atoms with Gasteiger partial charge in [-0.25, -0.2) is 0 Å². The molecule has 1 saturated heterocycles. The summed E-state index contributed by atoms with van der Waals surface area (Å²) >= 11 is 0. The summed E-state index contributed by atoms with van der Waals surface area (Å²) in [7, 11) is 0. The second-order valence-electron chi connectivity index (χ2n) is 7.29. The zero-order valence-electron chi connectivity index (χ0n) is 15.7. The molecule has 0 saturated carbocycles. The van der Waals surface area contributed by atoms with E-state index in [1.54, 1.807) is 6.20 Å². The summed E-state index contributed by atoms with van der Waals surface area (Å²) in [5.74, 6) is 0.168. The maximum absolute atomic E-state index is 13.1. The van der Waals surface area contributed by atoms with Crippen molar-refractivity contribution in [3.63, 3.8) is 0 Å². The van der Waals surface area contributed by atoms with Gasteiger partial charge in [0, 0.05) is 31.6 Å². The molecule has 138 valence electrons. The molecular weight excluding hydrogens is 324 g/mol. The number of pyridine rings is 1. The standard InChI is InChI=1S/C22H28N2O2/c1-3-17(2)24-21(25)22(9-12-26-13-10-22)15-18-6-4-7-19(14-18)20-8-5-11-23-16-20/h4-8,11,14,16-17H,3,9-10,12-13,15H2,1-2H3,(H,24,25). The van der Waals surface area contributed by atoms with Crippen molar-refractivity contribution in [2.24, 2.45) is 5.41 Å². The lowest BCUT2D eigenvalue weighted by Crippen LogP contribution is -2.48. The smallest absolute Gasteiger partial charge is 0.226 e. The van der Waals surface area contributed by atoms with E-state index < -0.39 is 0 Å². The highest BCUT2D eigenvalue weighted by Crippen LogP contribution is 2.36. The molecule has 1 fully saturated rings. The number of rotatable bonds is 6. The maximum Gasteiger partial charge on any atom is 0.226 e. The summed E-state index contributed by atoms with van der Waals surface area (Å²) in [6.45, 7) is 5.46. The molecule has 1 aliphatic rings. The van der Waals surface area contributed by atoms with E-state index in [9.17, 15) is 4.79 Å². The molecule has 1 N–H and O–H groups in total. The van der Waals surface area contributed by atoms with Gasteiger partial charge in [-0.1, -0.05) is 37.3 Å². The zero-order chi connectivity index (χ0) is 18.4. The van der Waals surface area contributed by atoms with E-state index in [2.05, 4.69) is 54.5 Å². The molecule has 3 rings (SSSR count). The number of benzene rings is 1. The second kappa shape index (κ2) is 8.45. The molecule has 1 atom stereocenters. The molecule has 1 aromatic heterocycles. The minimum Gasteiger partial charge on any atom is -0.381 e. The Morgan fingerprint density at radius 2 is 2.00 bits per heavy atom. The van der Waals surface area contributed by atoms with Crippen LogP contribution in [0.2, 0.25) is 0 Å². The Morgan fingerprint density at radius 1 is 1.23 bits per heavy atom. The van der Waals surface area contributed by atoms with Gasteiger partial charge in [0.25, 0.3) is 0 Å². The van der Waals surface area contributed by atoms with Crippen LogP contribution in [0.3, 0.4) is 0 Å². The number of carbonyl (C=O) groups is 1. The van der Waals surface area contributed by atoms with Crippen molar-refractivity contribution in [2.75, 3.05) is 13.2 Å². The lowest BCUT2D eigenvalue weighted by Gasteiger charge is -2.37. The van der Waals surface area contributed by atoms with Crippen molar-refractivity contribution in [1.82, 2.24) is 10.3 Å². The van der Waals surface area contributed by atoms with Crippen molar-refractivity contribution < 1.29 is 9.53 Å². The Bertz CT molecular complexity index is 724. The van der Waals surface area contributed by atoms with Crippen LogP contribution >= 0.6 is 0 Å². The molecule has 0 radical (unpaired) electrons. The first kappa shape index (κ1) is 18.6. The third-order valence-electron chi connectivity index (χ3n) is 5.39. The van der Waals surface area contributed by atoms with Gasteiger partial charge in [0.1, 0.15) is 0 Å². The predicted molar refractivity (Wildman–Crippen MR) is 104 cm³/mol. The summed E-state index contributed by atoms with van der Waals surface area (Å²) < 4.78 is 5.55. The molecule has 0 spiro atoms. The third-order valence-corrected chi connectivity index (χ3v) is 5.39.